The molecule has 2 atom stereocenters. The molecular weight excluding hydrogens is 138 g/mol. The van der Waals surface area contributed by atoms with Crippen LogP contribution in [0.2, 0.25) is 0 Å². The number of hydrogen-bond acceptors (Lipinski definition) is 1. The Bertz CT molecular complexity index is 176. The average Bonchev–Trinajstić information content (AvgIpc) is 2.31. The van der Waals surface area contributed by atoms with E-state index in [1.54, 1.807) is 6.92 Å². The van der Waals surface area contributed by atoms with Gasteiger partial charge in [-0.3, -0.25) is 4.79 Å². The van der Waals surface area contributed by atoms with Gasteiger partial charge >= 0.3 is 0 Å². The van der Waals surface area contributed by atoms with E-state index in [0.717, 1.165) is 13.1 Å². The van der Waals surface area contributed by atoms with Gasteiger partial charge < -0.3 is 4.90 Å². The molecule has 0 radical (unpaired) electrons. The summed E-state index contributed by atoms with van der Waals surface area (Å²) in [5.41, 5.74) is 0. The molecule has 0 aromatic rings. The Morgan fingerprint density at radius 1 is 1.64 bits per heavy atom. The quantitative estimate of drug-likeness (QED) is 0.520. The van der Waals surface area contributed by atoms with E-state index in [1.807, 2.05) is 11.0 Å². The molecule has 0 unspecified atom stereocenters. The molecule has 1 aliphatic rings. The fourth-order valence-electron chi connectivity index (χ4n) is 1.56. The lowest BCUT2D eigenvalue weighted by Gasteiger charge is -2.11. The van der Waals surface area contributed by atoms with Crippen LogP contribution in [-0.4, -0.2) is 23.9 Å². The number of nitrogens with zero attached hydrogens (tertiary/aromatic N) is 1. The van der Waals surface area contributed by atoms with Gasteiger partial charge in [0.25, 0.3) is 0 Å². The summed E-state index contributed by atoms with van der Waals surface area (Å²) in [6.07, 6.45) is 1.95. The van der Waals surface area contributed by atoms with E-state index in [2.05, 4.69) is 13.5 Å². The van der Waals surface area contributed by atoms with Crippen molar-refractivity contribution in [3.05, 3.63) is 12.7 Å². The van der Waals surface area contributed by atoms with Crippen LogP contribution in [0.5, 0.6) is 0 Å². The van der Waals surface area contributed by atoms with Crippen LogP contribution in [0.3, 0.4) is 0 Å². The van der Waals surface area contributed by atoms with Gasteiger partial charge in [0, 0.05) is 20.0 Å². The molecule has 2 nitrogen and oxygen atoms in total. The lowest BCUT2D eigenvalue weighted by Crippen LogP contribution is -2.25. The van der Waals surface area contributed by atoms with E-state index in [9.17, 15) is 4.79 Å². The molecule has 1 rings (SSSR count). The summed E-state index contributed by atoms with van der Waals surface area (Å²) in [7, 11) is 0. The molecule has 11 heavy (non-hydrogen) atoms. The standard InChI is InChI=1S/C9H15NO/c1-4-9-6-10(8(3)11)5-7(9)2/h4,7,9H,1,5-6H2,2-3H3/t7-,9+/m1/s1. The highest BCUT2D eigenvalue weighted by atomic mass is 16.2. The number of likely N-dealkylation sites (tertiary alicyclic amines) is 1. The van der Waals surface area contributed by atoms with Gasteiger partial charge in [-0.05, 0) is 11.8 Å². The number of carbonyl (C=O) groups is 1. The molecule has 62 valence electrons. The smallest absolute Gasteiger partial charge is 0.219 e. The van der Waals surface area contributed by atoms with Crippen LogP contribution < -0.4 is 0 Å². The maximum Gasteiger partial charge on any atom is 0.219 e. The zero-order valence-corrected chi connectivity index (χ0v) is 7.21. The Balaban J connectivity index is 2.56. The summed E-state index contributed by atoms with van der Waals surface area (Å²) in [5, 5.41) is 0. The van der Waals surface area contributed by atoms with Gasteiger partial charge in [-0.1, -0.05) is 13.0 Å². The second kappa shape index (κ2) is 3.07. The van der Waals surface area contributed by atoms with Gasteiger partial charge in [-0.2, -0.15) is 0 Å². The second-order valence-electron chi connectivity index (χ2n) is 3.30. The summed E-state index contributed by atoms with van der Waals surface area (Å²) in [6.45, 7) is 9.29. The van der Waals surface area contributed by atoms with E-state index < -0.39 is 0 Å². The average molecular weight is 153 g/mol. The van der Waals surface area contributed by atoms with Crippen LogP contribution in [0.1, 0.15) is 13.8 Å². The van der Waals surface area contributed by atoms with Crippen LogP contribution in [-0.2, 0) is 4.79 Å². The predicted octanol–water partition coefficient (Wildman–Crippen LogP) is 1.29. The molecule has 0 spiro atoms. The number of rotatable bonds is 1. The van der Waals surface area contributed by atoms with Crippen LogP contribution in [0.4, 0.5) is 0 Å². The molecule has 1 saturated heterocycles. The third-order valence-corrected chi connectivity index (χ3v) is 2.42. The molecular formula is C9H15NO. The van der Waals surface area contributed by atoms with Crippen molar-refractivity contribution in [1.29, 1.82) is 0 Å². The molecule has 0 aromatic heterocycles. The van der Waals surface area contributed by atoms with Crippen LogP contribution in [0.25, 0.3) is 0 Å². The first-order chi connectivity index (χ1) is 5.15. The van der Waals surface area contributed by atoms with Crippen LogP contribution in [0.15, 0.2) is 12.7 Å². The van der Waals surface area contributed by atoms with E-state index in [0.29, 0.717) is 11.8 Å². The van der Waals surface area contributed by atoms with Crippen LogP contribution in [0, 0.1) is 11.8 Å². The van der Waals surface area contributed by atoms with Gasteiger partial charge in [0.2, 0.25) is 5.91 Å². The Morgan fingerprint density at radius 2 is 2.27 bits per heavy atom. The van der Waals surface area contributed by atoms with Crippen molar-refractivity contribution >= 4 is 5.91 Å². The van der Waals surface area contributed by atoms with E-state index in [-0.39, 0.29) is 5.91 Å². The lowest BCUT2D eigenvalue weighted by molar-refractivity contribution is -0.127. The minimum atomic E-state index is 0.182. The Morgan fingerprint density at radius 3 is 2.55 bits per heavy atom. The SMILES string of the molecule is C=C[C@H]1CN(C(C)=O)C[C@H]1C. The third kappa shape index (κ3) is 1.62. The number of carbonyl (C=O) groups excluding carboxylic acids is 1. The molecule has 1 fully saturated rings. The van der Waals surface area contributed by atoms with Gasteiger partial charge in [-0.25, -0.2) is 0 Å². The maximum atomic E-state index is 10.9. The molecule has 2 heteroatoms. The third-order valence-electron chi connectivity index (χ3n) is 2.42. The first-order valence-electron chi connectivity index (χ1n) is 4.03. The fraction of sp³-hybridized carbons (Fsp3) is 0.667. The van der Waals surface area contributed by atoms with Crippen molar-refractivity contribution in [2.75, 3.05) is 13.1 Å². The van der Waals surface area contributed by atoms with Crippen molar-refractivity contribution in [2.24, 2.45) is 11.8 Å². The Labute approximate surface area is 67.9 Å². The fourth-order valence-corrected chi connectivity index (χ4v) is 1.56. The van der Waals surface area contributed by atoms with Gasteiger partial charge in [0.15, 0.2) is 0 Å². The molecule has 1 heterocycles. The van der Waals surface area contributed by atoms with E-state index >= 15 is 0 Å². The summed E-state index contributed by atoms with van der Waals surface area (Å²) in [5.74, 6) is 1.26. The summed E-state index contributed by atoms with van der Waals surface area (Å²) in [6, 6.07) is 0. The summed E-state index contributed by atoms with van der Waals surface area (Å²) in [4.78, 5) is 12.8. The minimum Gasteiger partial charge on any atom is -0.342 e. The molecule has 0 aromatic carbocycles. The van der Waals surface area contributed by atoms with E-state index in [4.69, 9.17) is 0 Å². The molecule has 0 aliphatic carbocycles. The van der Waals surface area contributed by atoms with Gasteiger partial charge in [0.1, 0.15) is 0 Å². The molecule has 0 N–H and O–H groups in total. The molecule has 0 bridgehead atoms. The van der Waals surface area contributed by atoms with Crippen molar-refractivity contribution in [3.63, 3.8) is 0 Å². The largest absolute Gasteiger partial charge is 0.342 e. The van der Waals surface area contributed by atoms with E-state index in [1.165, 1.54) is 0 Å². The van der Waals surface area contributed by atoms with Gasteiger partial charge in [-0.15, -0.1) is 6.58 Å². The number of hydrogen-bond donors (Lipinski definition) is 0. The molecule has 0 saturated carbocycles. The van der Waals surface area contributed by atoms with Gasteiger partial charge in [0.05, 0.1) is 0 Å². The first-order valence-corrected chi connectivity index (χ1v) is 4.03. The summed E-state index contributed by atoms with van der Waals surface area (Å²) < 4.78 is 0. The Kier molecular flexibility index (Phi) is 2.32. The highest BCUT2D eigenvalue weighted by Crippen LogP contribution is 2.23. The van der Waals surface area contributed by atoms with Crippen molar-refractivity contribution in [1.82, 2.24) is 4.90 Å². The first kappa shape index (κ1) is 8.31. The highest BCUT2D eigenvalue weighted by Gasteiger charge is 2.28. The van der Waals surface area contributed by atoms with Crippen LogP contribution >= 0.6 is 0 Å². The zero-order valence-electron chi connectivity index (χ0n) is 7.21. The van der Waals surface area contributed by atoms with Crippen molar-refractivity contribution in [3.8, 4) is 0 Å². The lowest BCUT2D eigenvalue weighted by atomic mass is 9.99. The topological polar surface area (TPSA) is 20.3 Å². The predicted molar refractivity (Wildman–Crippen MR) is 45.1 cm³/mol. The normalized spacial score (nSPS) is 30.5. The molecule has 1 aliphatic heterocycles. The maximum absolute atomic E-state index is 10.9. The monoisotopic (exact) mass is 153 g/mol. The highest BCUT2D eigenvalue weighted by molar-refractivity contribution is 5.73. The van der Waals surface area contributed by atoms with Crippen molar-refractivity contribution in [2.45, 2.75) is 13.8 Å². The summed E-state index contributed by atoms with van der Waals surface area (Å²) >= 11 is 0. The second-order valence-corrected chi connectivity index (χ2v) is 3.30. The number of amides is 1. The zero-order chi connectivity index (χ0) is 8.43. The van der Waals surface area contributed by atoms with Crippen molar-refractivity contribution < 1.29 is 4.79 Å². The minimum absolute atomic E-state index is 0.182. The molecule has 1 amide bonds. The Hall–Kier alpha value is -0.790.